The normalized spacial score (nSPS) is 20.7. The molecule has 3 nitrogen and oxygen atoms in total. The number of methoxy groups -OCH3 is 1. The molecule has 11 heavy (non-hydrogen) atoms. The first-order chi connectivity index (χ1) is 5.24. The molecule has 0 aliphatic heterocycles. The molecule has 1 aliphatic rings. The Kier molecular flexibility index (Phi) is 3.30. The molecule has 0 saturated heterocycles. The Morgan fingerprint density at radius 2 is 2.27 bits per heavy atom. The summed E-state index contributed by atoms with van der Waals surface area (Å²) in [6.07, 6.45) is 2.69. The van der Waals surface area contributed by atoms with E-state index in [2.05, 4.69) is 11.9 Å². The third-order valence-electron chi connectivity index (χ3n) is 2.07. The van der Waals surface area contributed by atoms with Gasteiger partial charge in [-0.2, -0.15) is 0 Å². The SMILES string of the molecule is COCC(N)CN(C)C1CC1. The van der Waals surface area contributed by atoms with Crippen molar-refractivity contribution in [3.05, 3.63) is 0 Å². The maximum absolute atomic E-state index is 5.78. The van der Waals surface area contributed by atoms with Gasteiger partial charge in [0.2, 0.25) is 0 Å². The summed E-state index contributed by atoms with van der Waals surface area (Å²) in [6, 6.07) is 0.975. The average molecular weight is 158 g/mol. The zero-order valence-corrected chi connectivity index (χ0v) is 7.42. The number of rotatable bonds is 5. The van der Waals surface area contributed by atoms with Gasteiger partial charge in [-0.25, -0.2) is 0 Å². The molecular weight excluding hydrogens is 140 g/mol. The number of ether oxygens (including phenoxy) is 1. The van der Waals surface area contributed by atoms with Crippen molar-refractivity contribution in [1.29, 1.82) is 0 Å². The van der Waals surface area contributed by atoms with Gasteiger partial charge in [-0.15, -0.1) is 0 Å². The van der Waals surface area contributed by atoms with Crippen LogP contribution in [0.2, 0.25) is 0 Å². The lowest BCUT2D eigenvalue weighted by molar-refractivity contribution is 0.159. The Hall–Kier alpha value is -0.120. The van der Waals surface area contributed by atoms with E-state index in [0.717, 1.165) is 12.6 Å². The maximum atomic E-state index is 5.78. The fraction of sp³-hybridized carbons (Fsp3) is 1.00. The van der Waals surface area contributed by atoms with Crippen LogP contribution in [0.5, 0.6) is 0 Å². The van der Waals surface area contributed by atoms with Crippen molar-refractivity contribution in [2.75, 3.05) is 27.3 Å². The van der Waals surface area contributed by atoms with E-state index in [1.165, 1.54) is 12.8 Å². The van der Waals surface area contributed by atoms with Gasteiger partial charge in [-0.3, -0.25) is 0 Å². The second-order valence-electron chi connectivity index (χ2n) is 3.39. The predicted molar refractivity (Wildman–Crippen MR) is 45.5 cm³/mol. The summed E-state index contributed by atoms with van der Waals surface area (Å²) in [5.74, 6) is 0. The highest BCUT2D eigenvalue weighted by Crippen LogP contribution is 2.24. The van der Waals surface area contributed by atoms with Crippen LogP contribution in [0.1, 0.15) is 12.8 Å². The van der Waals surface area contributed by atoms with E-state index in [9.17, 15) is 0 Å². The second-order valence-corrected chi connectivity index (χ2v) is 3.39. The fourth-order valence-electron chi connectivity index (χ4n) is 1.30. The van der Waals surface area contributed by atoms with Crippen LogP contribution >= 0.6 is 0 Å². The largest absolute Gasteiger partial charge is 0.383 e. The molecule has 0 bridgehead atoms. The highest BCUT2D eigenvalue weighted by Gasteiger charge is 2.26. The summed E-state index contributed by atoms with van der Waals surface area (Å²) in [4.78, 5) is 2.32. The third kappa shape index (κ3) is 3.18. The van der Waals surface area contributed by atoms with Gasteiger partial charge in [-0.1, -0.05) is 0 Å². The number of nitrogens with zero attached hydrogens (tertiary/aromatic N) is 1. The van der Waals surface area contributed by atoms with E-state index in [-0.39, 0.29) is 6.04 Å². The van der Waals surface area contributed by atoms with Crippen LogP contribution < -0.4 is 5.73 Å². The van der Waals surface area contributed by atoms with Crippen LogP contribution in [-0.4, -0.2) is 44.3 Å². The van der Waals surface area contributed by atoms with Gasteiger partial charge in [0, 0.05) is 25.7 Å². The topological polar surface area (TPSA) is 38.5 Å². The van der Waals surface area contributed by atoms with Gasteiger partial charge in [-0.05, 0) is 19.9 Å². The van der Waals surface area contributed by atoms with E-state index in [0.29, 0.717) is 6.61 Å². The van der Waals surface area contributed by atoms with Crippen LogP contribution in [0.4, 0.5) is 0 Å². The minimum absolute atomic E-state index is 0.172. The van der Waals surface area contributed by atoms with Crippen molar-refractivity contribution in [3.8, 4) is 0 Å². The fourth-order valence-corrected chi connectivity index (χ4v) is 1.30. The molecule has 0 aromatic rings. The minimum atomic E-state index is 0.172. The Bertz CT molecular complexity index is 115. The molecule has 0 aromatic heterocycles. The molecule has 1 unspecified atom stereocenters. The average Bonchev–Trinajstić information content (AvgIpc) is 2.67. The molecule has 2 N–H and O–H groups in total. The number of likely N-dealkylation sites (N-methyl/N-ethyl adjacent to an activating group) is 1. The first-order valence-corrected chi connectivity index (χ1v) is 4.18. The first-order valence-electron chi connectivity index (χ1n) is 4.18. The Morgan fingerprint density at radius 1 is 1.64 bits per heavy atom. The minimum Gasteiger partial charge on any atom is -0.383 e. The van der Waals surface area contributed by atoms with Crippen LogP contribution in [0.15, 0.2) is 0 Å². The molecule has 1 fully saturated rings. The molecule has 1 aliphatic carbocycles. The summed E-state index contributed by atoms with van der Waals surface area (Å²) in [5.41, 5.74) is 5.78. The molecule has 0 radical (unpaired) electrons. The molecule has 1 rings (SSSR count). The lowest BCUT2D eigenvalue weighted by Crippen LogP contribution is -2.39. The van der Waals surface area contributed by atoms with E-state index in [4.69, 9.17) is 10.5 Å². The van der Waals surface area contributed by atoms with Crippen molar-refractivity contribution in [2.45, 2.75) is 24.9 Å². The molecule has 1 saturated carbocycles. The maximum Gasteiger partial charge on any atom is 0.0626 e. The second kappa shape index (κ2) is 4.04. The van der Waals surface area contributed by atoms with E-state index >= 15 is 0 Å². The Labute approximate surface area is 68.5 Å². The van der Waals surface area contributed by atoms with Gasteiger partial charge < -0.3 is 15.4 Å². The van der Waals surface area contributed by atoms with Gasteiger partial charge in [0.25, 0.3) is 0 Å². The summed E-state index contributed by atoms with van der Waals surface area (Å²) < 4.78 is 4.95. The van der Waals surface area contributed by atoms with E-state index < -0.39 is 0 Å². The highest BCUT2D eigenvalue weighted by molar-refractivity contribution is 4.84. The van der Waals surface area contributed by atoms with Crippen molar-refractivity contribution < 1.29 is 4.74 Å². The zero-order valence-electron chi connectivity index (χ0n) is 7.42. The monoisotopic (exact) mass is 158 g/mol. The number of hydrogen-bond donors (Lipinski definition) is 1. The van der Waals surface area contributed by atoms with E-state index in [1.54, 1.807) is 7.11 Å². The molecule has 0 heterocycles. The molecule has 66 valence electrons. The van der Waals surface area contributed by atoms with Crippen molar-refractivity contribution in [2.24, 2.45) is 5.73 Å². The molecule has 0 amide bonds. The standard InChI is InChI=1S/C8H18N2O/c1-10(8-3-4-8)5-7(9)6-11-2/h7-8H,3-6,9H2,1-2H3. The molecular formula is C8H18N2O. The summed E-state index contributed by atoms with van der Waals surface area (Å²) in [5, 5.41) is 0. The van der Waals surface area contributed by atoms with Gasteiger partial charge in [0.1, 0.15) is 0 Å². The molecule has 1 atom stereocenters. The smallest absolute Gasteiger partial charge is 0.0626 e. The molecule has 0 aromatic carbocycles. The van der Waals surface area contributed by atoms with Crippen molar-refractivity contribution in [3.63, 3.8) is 0 Å². The molecule has 3 heteroatoms. The van der Waals surface area contributed by atoms with Crippen LogP contribution in [-0.2, 0) is 4.74 Å². The van der Waals surface area contributed by atoms with Gasteiger partial charge >= 0.3 is 0 Å². The van der Waals surface area contributed by atoms with Crippen molar-refractivity contribution in [1.82, 2.24) is 4.90 Å². The van der Waals surface area contributed by atoms with Crippen LogP contribution in [0.3, 0.4) is 0 Å². The summed E-state index contributed by atoms with van der Waals surface area (Å²) in [7, 11) is 3.82. The van der Waals surface area contributed by atoms with Crippen LogP contribution in [0.25, 0.3) is 0 Å². The highest BCUT2D eigenvalue weighted by atomic mass is 16.5. The Morgan fingerprint density at radius 3 is 2.73 bits per heavy atom. The lowest BCUT2D eigenvalue weighted by atomic mass is 10.3. The van der Waals surface area contributed by atoms with Gasteiger partial charge in [0.15, 0.2) is 0 Å². The molecule has 0 spiro atoms. The number of nitrogens with two attached hydrogens (primary N) is 1. The predicted octanol–water partition coefficient (Wildman–Crippen LogP) is 0.0543. The Balaban J connectivity index is 2.07. The quantitative estimate of drug-likeness (QED) is 0.614. The first kappa shape index (κ1) is 8.97. The zero-order chi connectivity index (χ0) is 8.27. The number of hydrogen-bond acceptors (Lipinski definition) is 3. The summed E-state index contributed by atoms with van der Waals surface area (Å²) >= 11 is 0. The van der Waals surface area contributed by atoms with Crippen LogP contribution in [0, 0.1) is 0 Å². The van der Waals surface area contributed by atoms with Crippen molar-refractivity contribution >= 4 is 0 Å². The van der Waals surface area contributed by atoms with Gasteiger partial charge in [0.05, 0.1) is 6.61 Å². The lowest BCUT2D eigenvalue weighted by Gasteiger charge is -2.19. The third-order valence-corrected chi connectivity index (χ3v) is 2.07. The summed E-state index contributed by atoms with van der Waals surface area (Å²) in [6.45, 7) is 1.62. The van der Waals surface area contributed by atoms with E-state index in [1.807, 2.05) is 0 Å².